The van der Waals surface area contributed by atoms with Gasteiger partial charge in [-0.1, -0.05) is 6.42 Å². The zero-order valence-corrected chi connectivity index (χ0v) is 11.6. The SMILES string of the molecule is CS(=O)(=O)c1cc(C2CC3(CCC3)C2)c(C(N)=O)o1. The van der Waals surface area contributed by atoms with Gasteiger partial charge in [-0.15, -0.1) is 0 Å². The molecule has 104 valence electrons. The predicted molar refractivity (Wildman–Crippen MR) is 68.6 cm³/mol. The second-order valence-electron chi connectivity index (χ2n) is 5.95. The van der Waals surface area contributed by atoms with E-state index in [1.54, 1.807) is 0 Å². The Labute approximate surface area is 112 Å². The van der Waals surface area contributed by atoms with Gasteiger partial charge in [0.15, 0.2) is 5.76 Å². The minimum Gasteiger partial charge on any atom is -0.439 e. The van der Waals surface area contributed by atoms with Crippen LogP contribution in [-0.4, -0.2) is 20.6 Å². The fourth-order valence-electron chi connectivity index (χ4n) is 3.35. The maximum Gasteiger partial charge on any atom is 0.284 e. The Morgan fingerprint density at radius 2 is 2.05 bits per heavy atom. The minimum atomic E-state index is -3.45. The van der Waals surface area contributed by atoms with Crippen molar-refractivity contribution >= 4 is 15.7 Å². The van der Waals surface area contributed by atoms with Crippen LogP contribution in [-0.2, 0) is 9.84 Å². The lowest BCUT2D eigenvalue weighted by Crippen LogP contribution is -2.41. The largest absolute Gasteiger partial charge is 0.439 e. The van der Waals surface area contributed by atoms with E-state index in [4.69, 9.17) is 10.2 Å². The first-order valence-electron chi connectivity index (χ1n) is 6.44. The first kappa shape index (κ1) is 12.7. The first-order valence-corrected chi connectivity index (χ1v) is 8.33. The highest BCUT2D eigenvalue weighted by Gasteiger charge is 2.49. The number of sulfone groups is 1. The molecule has 2 N–H and O–H groups in total. The second-order valence-corrected chi connectivity index (χ2v) is 7.89. The maximum atomic E-state index is 11.5. The van der Waals surface area contributed by atoms with Crippen molar-refractivity contribution in [2.24, 2.45) is 11.1 Å². The van der Waals surface area contributed by atoms with Gasteiger partial charge in [0.05, 0.1) is 0 Å². The van der Waals surface area contributed by atoms with Gasteiger partial charge in [-0.2, -0.15) is 0 Å². The van der Waals surface area contributed by atoms with Gasteiger partial charge in [0.25, 0.3) is 5.91 Å². The molecule has 19 heavy (non-hydrogen) atoms. The number of carbonyl (C=O) groups is 1. The van der Waals surface area contributed by atoms with Crippen LogP contribution in [0.25, 0.3) is 0 Å². The van der Waals surface area contributed by atoms with Crippen LogP contribution in [0.4, 0.5) is 0 Å². The molecular formula is C13H17NO4S. The lowest BCUT2D eigenvalue weighted by atomic mass is 9.51. The number of hydrogen-bond acceptors (Lipinski definition) is 4. The average molecular weight is 283 g/mol. The molecule has 1 aromatic heterocycles. The van der Waals surface area contributed by atoms with E-state index in [0.29, 0.717) is 11.0 Å². The number of furan rings is 1. The van der Waals surface area contributed by atoms with Gasteiger partial charge in [0, 0.05) is 17.9 Å². The maximum absolute atomic E-state index is 11.5. The number of rotatable bonds is 3. The number of amides is 1. The van der Waals surface area contributed by atoms with Crippen LogP contribution in [0.3, 0.4) is 0 Å². The molecule has 0 radical (unpaired) electrons. The monoisotopic (exact) mass is 283 g/mol. The molecule has 6 heteroatoms. The first-order chi connectivity index (χ1) is 8.81. The van der Waals surface area contributed by atoms with Crippen LogP contribution in [0.1, 0.15) is 54.1 Å². The topological polar surface area (TPSA) is 90.4 Å². The van der Waals surface area contributed by atoms with Gasteiger partial charge < -0.3 is 10.2 Å². The lowest BCUT2D eigenvalue weighted by molar-refractivity contribution is 0.00849. The fraction of sp³-hybridized carbons (Fsp3) is 0.615. The molecule has 2 aliphatic carbocycles. The normalized spacial score (nSPS) is 21.9. The van der Waals surface area contributed by atoms with E-state index in [-0.39, 0.29) is 16.8 Å². The highest BCUT2D eigenvalue weighted by atomic mass is 32.2. The van der Waals surface area contributed by atoms with Crippen LogP contribution in [0.5, 0.6) is 0 Å². The van der Waals surface area contributed by atoms with E-state index in [1.807, 2.05) is 0 Å². The smallest absolute Gasteiger partial charge is 0.284 e. The second kappa shape index (κ2) is 3.85. The summed E-state index contributed by atoms with van der Waals surface area (Å²) in [5.41, 5.74) is 6.39. The zero-order chi connectivity index (χ0) is 13.8. The van der Waals surface area contributed by atoms with E-state index in [0.717, 1.165) is 19.1 Å². The minimum absolute atomic E-state index is 0.0135. The van der Waals surface area contributed by atoms with Crippen molar-refractivity contribution in [3.05, 3.63) is 17.4 Å². The summed E-state index contributed by atoms with van der Waals surface area (Å²) in [6.45, 7) is 0. The van der Waals surface area contributed by atoms with E-state index in [2.05, 4.69) is 0 Å². The lowest BCUT2D eigenvalue weighted by Gasteiger charge is -2.54. The van der Waals surface area contributed by atoms with Gasteiger partial charge in [-0.3, -0.25) is 4.79 Å². The van der Waals surface area contributed by atoms with E-state index in [9.17, 15) is 13.2 Å². The molecule has 1 amide bonds. The standard InChI is InChI=1S/C13H17NO4S/c1-19(16,17)10-5-9(11(18-10)12(14)15)8-6-13(7-8)3-2-4-13/h5,8H,2-4,6-7H2,1H3,(H2,14,15). The van der Waals surface area contributed by atoms with E-state index >= 15 is 0 Å². The van der Waals surface area contributed by atoms with Crippen LogP contribution in [0.2, 0.25) is 0 Å². The summed E-state index contributed by atoms with van der Waals surface area (Å²) in [5.74, 6) is -0.471. The Morgan fingerprint density at radius 1 is 1.42 bits per heavy atom. The summed E-state index contributed by atoms with van der Waals surface area (Å²) in [4.78, 5) is 11.4. The summed E-state index contributed by atoms with van der Waals surface area (Å²) in [5, 5.41) is -0.161. The molecule has 2 fully saturated rings. The van der Waals surface area contributed by atoms with Crippen LogP contribution >= 0.6 is 0 Å². The number of carbonyl (C=O) groups excluding carboxylic acids is 1. The molecule has 2 saturated carbocycles. The van der Waals surface area contributed by atoms with Crippen LogP contribution < -0.4 is 5.73 Å². The van der Waals surface area contributed by atoms with Gasteiger partial charge in [-0.05, 0) is 37.0 Å². The predicted octanol–water partition coefficient (Wildman–Crippen LogP) is 1.83. The summed E-state index contributed by atoms with van der Waals surface area (Å²) in [7, 11) is -3.45. The highest BCUT2D eigenvalue weighted by molar-refractivity contribution is 7.90. The Morgan fingerprint density at radius 3 is 2.47 bits per heavy atom. The van der Waals surface area contributed by atoms with E-state index < -0.39 is 15.7 Å². The molecule has 0 atom stereocenters. The molecule has 0 bridgehead atoms. The van der Waals surface area contributed by atoms with Crippen molar-refractivity contribution in [1.82, 2.24) is 0 Å². The molecule has 2 aliphatic rings. The molecule has 0 aliphatic heterocycles. The fourth-order valence-corrected chi connectivity index (χ4v) is 3.93. The van der Waals surface area contributed by atoms with Crippen molar-refractivity contribution in [2.75, 3.05) is 6.26 Å². The van der Waals surface area contributed by atoms with Gasteiger partial charge >= 0.3 is 0 Å². The Kier molecular flexibility index (Phi) is 2.58. The molecule has 0 unspecified atom stereocenters. The van der Waals surface area contributed by atoms with Gasteiger partial charge in [0.2, 0.25) is 14.9 Å². The molecule has 5 nitrogen and oxygen atoms in total. The highest BCUT2D eigenvalue weighted by Crippen LogP contribution is 2.62. The van der Waals surface area contributed by atoms with Gasteiger partial charge in [0.1, 0.15) is 0 Å². The molecule has 3 rings (SSSR count). The molecule has 1 aromatic rings. The van der Waals surface area contributed by atoms with Crippen molar-refractivity contribution < 1.29 is 17.6 Å². The third-order valence-corrected chi connectivity index (χ3v) is 5.47. The van der Waals surface area contributed by atoms with E-state index in [1.165, 1.54) is 25.3 Å². The van der Waals surface area contributed by atoms with Crippen molar-refractivity contribution in [2.45, 2.75) is 43.1 Å². The van der Waals surface area contributed by atoms with Crippen molar-refractivity contribution in [1.29, 1.82) is 0 Å². The average Bonchev–Trinajstić information content (AvgIpc) is 2.56. The number of nitrogens with two attached hydrogens (primary N) is 1. The Bertz CT molecular complexity index is 632. The summed E-state index contributed by atoms with van der Waals surface area (Å²) >= 11 is 0. The van der Waals surface area contributed by atoms with Crippen molar-refractivity contribution in [3.8, 4) is 0 Å². The van der Waals surface area contributed by atoms with Crippen LogP contribution in [0.15, 0.2) is 15.6 Å². The summed E-state index contributed by atoms with van der Waals surface area (Å²) < 4.78 is 28.2. The Hall–Kier alpha value is -1.30. The number of primary amides is 1. The van der Waals surface area contributed by atoms with Crippen LogP contribution in [0, 0.1) is 5.41 Å². The van der Waals surface area contributed by atoms with Gasteiger partial charge in [-0.25, -0.2) is 8.42 Å². The molecule has 0 aromatic carbocycles. The zero-order valence-electron chi connectivity index (χ0n) is 10.8. The number of hydrogen-bond donors (Lipinski definition) is 1. The van der Waals surface area contributed by atoms with Crippen molar-refractivity contribution in [3.63, 3.8) is 0 Å². The summed E-state index contributed by atoms with van der Waals surface area (Å²) in [6, 6.07) is 1.48. The molecule has 1 heterocycles. The molecular weight excluding hydrogens is 266 g/mol. The molecule has 1 spiro atoms. The Balaban J connectivity index is 1.92. The molecule has 0 saturated heterocycles. The summed E-state index contributed by atoms with van der Waals surface area (Å²) in [6.07, 6.45) is 6.84. The third-order valence-electron chi connectivity index (χ3n) is 4.54. The quantitative estimate of drug-likeness (QED) is 0.916. The third kappa shape index (κ3) is 1.98.